The Labute approximate surface area is 123 Å². The fourth-order valence-corrected chi connectivity index (χ4v) is 2.55. The molecule has 106 valence electrons. The summed E-state index contributed by atoms with van der Waals surface area (Å²) in [6.45, 7) is 4.89. The van der Waals surface area contributed by atoms with Gasteiger partial charge >= 0.3 is 0 Å². The van der Waals surface area contributed by atoms with Crippen molar-refractivity contribution in [1.82, 2.24) is 9.97 Å². The molecule has 2 aromatic rings. The molecule has 0 aliphatic carbocycles. The van der Waals surface area contributed by atoms with Gasteiger partial charge in [-0.05, 0) is 18.9 Å². The Bertz CT molecular complexity index is 575. The summed E-state index contributed by atoms with van der Waals surface area (Å²) >= 11 is 1.39. The lowest BCUT2D eigenvalue weighted by atomic mass is 10.2. The number of anilines is 1. The van der Waals surface area contributed by atoms with Crippen LogP contribution in [0.5, 0.6) is 0 Å². The molecule has 1 aromatic carbocycles. The summed E-state index contributed by atoms with van der Waals surface area (Å²) < 4.78 is 13.7. The monoisotopic (exact) mass is 291 g/mol. The van der Waals surface area contributed by atoms with Crippen molar-refractivity contribution in [3.8, 4) is 0 Å². The number of nitrogens with one attached hydrogen (secondary N) is 1. The summed E-state index contributed by atoms with van der Waals surface area (Å²) in [5.41, 5.74) is 2.37. The second-order valence-corrected chi connectivity index (χ2v) is 5.52. The number of aryl methyl sites for hydroxylation is 1. The molecule has 1 heterocycles. The van der Waals surface area contributed by atoms with Gasteiger partial charge in [-0.3, -0.25) is 0 Å². The minimum atomic E-state index is -0.371. The van der Waals surface area contributed by atoms with Crippen LogP contribution in [0.1, 0.15) is 24.5 Å². The summed E-state index contributed by atoms with van der Waals surface area (Å²) in [4.78, 5) is 8.15. The molecule has 0 spiro atoms. The number of hydrogen-bond acceptors (Lipinski definition) is 4. The fraction of sp³-hybridized carbons (Fsp3) is 0.333. The third-order valence-electron chi connectivity index (χ3n) is 2.70. The number of hydrogen-bond donors (Lipinski definition) is 1. The predicted octanol–water partition coefficient (Wildman–Crippen LogP) is 4.04. The number of rotatable bonds is 6. The molecule has 1 N–H and O–H groups in total. The third-order valence-corrected chi connectivity index (χ3v) is 3.74. The molecule has 0 unspecified atom stereocenters. The zero-order chi connectivity index (χ0) is 14.4. The van der Waals surface area contributed by atoms with Crippen LogP contribution >= 0.6 is 11.8 Å². The first-order chi connectivity index (χ1) is 9.69. The Balaban J connectivity index is 2.04. The summed E-state index contributed by atoms with van der Waals surface area (Å²) in [6.07, 6.45) is 2.20. The Morgan fingerprint density at radius 1 is 1.35 bits per heavy atom. The predicted molar refractivity (Wildman–Crippen MR) is 81.5 cm³/mol. The van der Waals surface area contributed by atoms with Crippen LogP contribution in [0.4, 0.5) is 10.3 Å². The molecule has 0 saturated carbocycles. The van der Waals surface area contributed by atoms with Crippen LogP contribution in [0.15, 0.2) is 35.5 Å². The van der Waals surface area contributed by atoms with Crippen molar-refractivity contribution in [3.05, 3.63) is 47.4 Å². The quantitative estimate of drug-likeness (QED) is 0.644. The van der Waals surface area contributed by atoms with Gasteiger partial charge in [0.15, 0.2) is 5.82 Å². The van der Waals surface area contributed by atoms with Gasteiger partial charge in [-0.25, -0.2) is 14.4 Å². The molecular formula is C15H18FN3S. The SMILES string of the molecule is CCCNc1ncc(F)c(SCc2cccc(C)c2)n1. The van der Waals surface area contributed by atoms with Crippen LogP contribution in [-0.4, -0.2) is 16.5 Å². The highest BCUT2D eigenvalue weighted by Crippen LogP contribution is 2.24. The molecule has 0 aliphatic rings. The van der Waals surface area contributed by atoms with Gasteiger partial charge in [0.05, 0.1) is 6.20 Å². The highest BCUT2D eigenvalue weighted by molar-refractivity contribution is 7.98. The van der Waals surface area contributed by atoms with E-state index in [4.69, 9.17) is 0 Å². The third kappa shape index (κ3) is 4.20. The Morgan fingerprint density at radius 3 is 2.95 bits per heavy atom. The van der Waals surface area contributed by atoms with E-state index in [0.29, 0.717) is 16.7 Å². The second-order valence-electron chi connectivity index (χ2n) is 4.55. The Kier molecular flexibility index (Phi) is 5.35. The summed E-state index contributed by atoms with van der Waals surface area (Å²) in [5, 5.41) is 3.46. The van der Waals surface area contributed by atoms with Crippen LogP contribution < -0.4 is 5.32 Å². The van der Waals surface area contributed by atoms with Crippen molar-refractivity contribution in [2.24, 2.45) is 0 Å². The van der Waals surface area contributed by atoms with Gasteiger partial charge in [0, 0.05) is 12.3 Å². The fourth-order valence-electron chi connectivity index (χ4n) is 1.73. The molecule has 0 atom stereocenters. The van der Waals surface area contributed by atoms with E-state index in [1.807, 2.05) is 25.1 Å². The topological polar surface area (TPSA) is 37.8 Å². The van der Waals surface area contributed by atoms with E-state index in [-0.39, 0.29) is 5.82 Å². The highest BCUT2D eigenvalue weighted by Gasteiger charge is 2.08. The van der Waals surface area contributed by atoms with Crippen LogP contribution in [0.2, 0.25) is 0 Å². The van der Waals surface area contributed by atoms with Crippen LogP contribution in [-0.2, 0) is 5.75 Å². The molecular weight excluding hydrogens is 273 g/mol. The maximum atomic E-state index is 13.7. The first kappa shape index (κ1) is 14.8. The molecule has 0 bridgehead atoms. The van der Waals surface area contributed by atoms with E-state index in [1.54, 1.807) is 0 Å². The first-order valence-electron chi connectivity index (χ1n) is 6.64. The lowest BCUT2D eigenvalue weighted by Crippen LogP contribution is -2.05. The van der Waals surface area contributed by atoms with E-state index >= 15 is 0 Å². The van der Waals surface area contributed by atoms with Crippen LogP contribution in [0.25, 0.3) is 0 Å². The van der Waals surface area contributed by atoms with Gasteiger partial charge in [-0.15, -0.1) is 0 Å². The van der Waals surface area contributed by atoms with Gasteiger partial charge in [-0.2, -0.15) is 0 Å². The lowest BCUT2D eigenvalue weighted by Gasteiger charge is -2.06. The summed E-state index contributed by atoms with van der Waals surface area (Å²) in [6, 6.07) is 8.19. The van der Waals surface area contributed by atoms with Crippen molar-refractivity contribution >= 4 is 17.7 Å². The van der Waals surface area contributed by atoms with Crippen LogP contribution in [0.3, 0.4) is 0 Å². The van der Waals surface area contributed by atoms with E-state index in [0.717, 1.165) is 18.5 Å². The Morgan fingerprint density at radius 2 is 2.20 bits per heavy atom. The van der Waals surface area contributed by atoms with Crippen molar-refractivity contribution in [1.29, 1.82) is 0 Å². The summed E-state index contributed by atoms with van der Waals surface area (Å²) in [5.74, 6) is 0.813. The minimum absolute atomic E-state index is 0.371. The highest BCUT2D eigenvalue weighted by atomic mass is 32.2. The Hall–Kier alpha value is -1.62. The molecule has 2 rings (SSSR count). The van der Waals surface area contributed by atoms with Crippen molar-refractivity contribution in [3.63, 3.8) is 0 Å². The lowest BCUT2D eigenvalue weighted by molar-refractivity contribution is 0.579. The average Bonchev–Trinajstić information content (AvgIpc) is 2.45. The minimum Gasteiger partial charge on any atom is -0.354 e. The van der Waals surface area contributed by atoms with Gasteiger partial charge in [0.1, 0.15) is 5.03 Å². The molecule has 0 aliphatic heterocycles. The number of thioether (sulfide) groups is 1. The molecule has 3 nitrogen and oxygen atoms in total. The number of halogens is 1. The standard InChI is InChI=1S/C15H18FN3S/c1-3-7-17-15-18-9-13(16)14(19-15)20-10-12-6-4-5-11(2)8-12/h4-6,8-9H,3,7,10H2,1-2H3,(H,17,18,19). The van der Waals surface area contributed by atoms with E-state index in [9.17, 15) is 4.39 Å². The second kappa shape index (κ2) is 7.24. The molecule has 0 fully saturated rings. The van der Waals surface area contributed by atoms with Gasteiger partial charge in [-0.1, -0.05) is 48.5 Å². The zero-order valence-corrected chi connectivity index (χ0v) is 12.5. The van der Waals surface area contributed by atoms with Gasteiger partial charge in [0.25, 0.3) is 0 Å². The maximum absolute atomic E-state index is 13.7. The van der Waals surface area contributed by atoms with E-state index < -0.39 is 0 Å². The molecule has 5 heteroatoms. The molecule has 0 amide bonds. The molecule has 1 aromatic heterocycles. The van der Waals surface area contributed by atoms with Crippen LogP contribution in [0, 0.1) is 12.7 Å². The van der Waals surface area contributed by atoms with Crippen molar-refractivity contribution < 1.29 is 4.39 Å². The normalized spacial score (nSPS) is 10.6. The molecule has 0 saturated heterocycles. The number of aromatic nitrogens is 2. The molecule has 0 radical (unpaired) electrons. The number of nitrogens with zero attached hydrogens (tertiary/aromatic N) is 2. The zero-order valence-electron chi connectivity index (χ0n) is 11.7. The molecule has 20 heavy (non-hydrogen) atoms. The van der Waals surface area contributed by atoms with E-state index in [2.05, 4.69) is 28.3 Å². The largest absolute Gasteiger partial charge is 0.354 e. The summed E-state index contributed by atoms with van der Waals surface area (Å²) in [7, 11) is 0. The van der Waals surface area contributed by atoms with Gasteiger partial charge < -0.3 is 5.32 Å². The number of benzene rings is 1. The van der Waals surface area contributed by atoms with Crippen molar-refractivity contribution in [2.75, 3.05) is 11.9 Å². The van der Waals surface area contributed by atoms with Gasteiger partial charge in [0.2, 0.25) is 5.95 Å². The smallest absolute Gasteiger partial charge is 0.223 e. The van der Waals surface area contributed by atoms with E-state index in [1.165, 1.54) is 23.5 Å². The first-order valence-corrected chi connectivity index (χ1v) is 7.62. The van der Waals surface area contributed by atoms with Crippen molar-refractivity contribution in [2.45, 2.75) is 31.0 Å². The maximum Gasteiger partial charge on any atom is 0.223 e. The average molecular weight is 291 g/mol.